The zero-order valence-corrected chi connectivity index (χ0v) is 10.1. The lowest BCUT2D eigenvalue weighted by molar-refractivity contribution is -0.188. The summed E-state index contributed by atoms with van der Waals surface area (Å²) in [4.78, 5) is 1.25. The van der Waals surface area contributed by atoms with Gasteiger partial charge in [0.05, 0.1) is 0 Å². The van der Waals surface area contributed by atoms with Crippen LogP contribution in [0.3, 0.4) is 0 Å². The lowest BCUT2D eigenvalue weighted by Crippen LogP contribution is -2.49. The highest BCUT2D eigenvalue weighted by Crippen LogP contribution is 2.42. The van der Waals surface area contributed by atoms with Crippen LogP contribution < -0.4 is 5.32 Å². The Morgan fingerprint density at radius 2 is 1.79 bits per heavy atom. The van der Waals surface area contributed by atoms with Gasteiger partial charge in [0, 0.05) is 31.7 Å². The van der Waals surface area contributed by atoms with Crippen molar-refractivity contribution >= 4 is 0 Å². The van der Waals surface area contributed by atoms with Crippen molar-refractivity contribution in [2.24, 2.45) is 0 Å². The van der Waals surface area contributed by atoms with Gasteiger partial charge in [-0.15, -0.1) is 0 Å². The second-order valence-electron chi connectivity index (χ2n) is 4.47. The number of hydrogen-bond donors (Lipinski definition) is 3. The normalized spacial score (nSPS) is 19.3. The minimum absolute atomic E-state index is 0.235. The highest BCUT2D eigenvalue weighted by Gasteiger charge is 2.46. The number of benzene rings is 1. The Morgan fingerprint density at radius 1 is 1.16 bits per heavy atom. The maximum absolute atomic E-state index is 13.2. The number of phenolic OH excluding ortho intramolecular Hbond substituents is 2. The van der Waals surface area contributed by atoms with Gasteiger partial charge in [0.25, 0.3) is 0 Å². The smallest absolute Gasteiger partial charge is 0.408 e. The molecule has 0 aromatic heterocycles. The summed E-state index contributed by atoms with van der Waals surface area (Å²) < 4.78 is 39.7. The highest BCUT2D eigenvalue weighted by molar-refractivity contribution is 5.41. The number of piperazine rings is 1. The van der Waals surface area contributed by atoms with Crippen molar-refractivity contribution in [3.8, 4) is 11.5 Å². The molecule has 0 saturated carbocycles. The molecule has 7 heteroatoms. The van der Waals surface area contributed by atoms with E-state index in [1.165, 1.54) is 4.90 Å². The van der Waals surface area contributed by atoms with Crippen LogP contribution in [-0.2, 0) is 0 Å². The van der Waals surface area contributed by atoms with Crippen molar-refractivity contribution in [3.63, 3.8) is 0 Å². The fraction of sp³-hybridized carbons (Fsp3) is 0.500. The van der Waals surface area contributed by atoms with Gasteiger partial charge in [-0.05, 0) is 18.2 Å². The summed E-state index contributed by atoms with van der Waals surface area (Å²) in [6.45, 7) is 1.40. The number of nitrogens with one attached hydrogen (secondary N) is 1. The number of halogens is 3. The SMILES string of the molecule is Oc1ccc(O)c([C@H](N2CCNCC2)C(F)(F)F)c1. The average molecular weight is 276 g/mol. The van der Waals surface area contributed by atoms with E-state index in [4.69, 9.17) is 0 Å². The third-order valence-corrected chi connectivity index (χ3v) is 3.13. The first-order valence-corrected chi connectivity index (χ1v) is 5.93. The van der Waals surface area contributed by atoms with E-state index >= 15 is 0 Å². The summed E-state index contributed by atoms with van der Waals surface area (Å²) in [5.74, 6) is -0.754. The lowest BCUT2D eigenvalue weighted by atomic mass is 10.0. The third-order valence-electron chi connectivity index (χ3n) is 3.13. The minimum Gasteiger partial charge on any atom is -0.508 e. The molecular weight excluding hydrogens is 261 g/mol. The Labute approximate surface area is 108 Å². The van der Waals surface area contributed by atoms with Gasteiger partial charge in [0.1, 0.15) is 17.5 Å². The molecule has 1 saturated heterocycles. The van der Waals surface area contributed by atoms with Crippen molar-refractivity contribution < 1.29 is 23.4 Å². The van der Waals surface area contributed by atoms with Crippen LogP contribution in [0.25, 0.3) is 0 Å². The molecule has 0 bridgehead atoms. The molecule has 0 aliphatic carbocycles. The molecule has 106 valence electrons. The van der Waals surface area contributed by atoms with Crippen molar-refractivity contribution in [2.75, 3.05) is 26.2 Å². The molecule has 1 aromatic carbocycles. The lowest BCUT2D eigenvalue weighted by Gasteiger charge is -2.36. The fourth-order valence-electron chi connectivity index (χ4n) is 2.28. The average Bonchev–Trinajstić information content (AvgIpc) is 2.33. The number of phenols is 2. The molecule has 1 aromatic rings. The molecule has 4 nitrogen and oxygen atoms in total. The molecule has 1 aliphatic heterocycles. The van der Waals surface area contributed by atoms with Crippen LogP contribution in [0, 0.1) is 0 Å². The zero-order valence-electron chi connectivity index (χ0n) is 10.1. The predicted octanol–water partition coefficient (Wildman–Crippen LogP) is 1.61. The van der Waals surface area contributed by atoms with Crippen molar-refractivity contribution in [1.29, 1.82) is 0 Å². The highest BCUT2D eigenvalue weighted by atomic mass is 19.4. The second kappa shape index (κ2) is 5.26. The number of rotatable bonds is 2. The molecule has 2 rings (SSSR count). The van der Waals surface area contributed by atoms with Crippen LogP contribution in [0.5, 0.6) is 11.5 Å². The summed E-state index contributed by atoms with van der Waals surface area (Å²) >= 11 is 0. The summed E-state index contributed by atoms with van der Waals surface area (Å²) in [7, 11) is 0. The Morgan fingerprint density at radius 3 is 2.37 bits per heavy atom. The van der Waals surface area contributed by atoms with Gasteiger partial charge in [-0.2, -0.15) is 13.2 Å². The monoisotopic (exact) mass is 276 g/mol. The van der Waals surface area contributed by atoms with Gasteiger partial charge in [-0.25, -0.2) is 0 Å². The van der Waals surface area contributed by atoms with Crippen LogP contribution in [-0.4, -0.2) is 47.5 Å². The van der Waals surface area contributed by atoms with Gasteiger partial charge in [-0.3, -0.25) is 4.90 Å². The number of nitrogens with zero attached hydrogens (tertiary/aromatic N) is 1. The second-order valence-corrected chi connectivity index (χ2v) is 4.47. The third kappa shape index (κ3) is 3.10. The minimum atomic E-state index is -4.51. The molecule has 19 heavy (non-hydrogen) atoms. The van der Waals surface area contributed by atoms with Crippen LogP contribution >= 0.6 is 0 Å². The van der Waals surface area contributed by atoms with E-state index in [0.717, 1.165) is 18.2 Å². The van der Waals surface area contributed by atoms with Crippen molar-refractivity contribution in [2.45, 2.75) is 12.2 Å². The summed E-state index contributed by atoms with van der Waals surface area (Å²) in [6.07, 6.45) is -4.51. The summed E-state index contributed by atoms with van der Waals surface area (Å²) in [5, 5.41) is 22.0. The molecule has 1 aliphatic rings. The molecule has 1 atom stereocenters. The quantitative estimate of drug-likeness (QED) is 0.718. The van der Waals surface area contributed by atoms with E-state index in [9.17, 15) is 23.4 Å². The largest absolute Gasteiger partial charge is 0.508 e. The van der Waals surface area contributed by atoms with E-state index in [0.29, 0.717) is 13.1 Å². The summed E-state index contributed by atoms with van der Waals surface area (Å²) in [6, 6.07) is 1.30. The number of hydrogen-bond acceptors (Lipinski definition) is 4. The molecule has 0 spiro atoms. The van der Waals surface area contributed by atoms with E-state index in [1.54, 1.807) is 0 Å². The maximum Gasteiger partial charge on any atom is 0.408 e. The Hall–Kier alpha value is -1.47. The van der Waals surface area contributed by atoms with Crippen molar-refractivity contribution in [3.05, 3.63) is 23.8 Å². The molecule has 0 radical (unpaired) electrons. The van der Waals surface area contributed by atoms with Gasteiger partial charge in [-0.1, -0.05) is 0 Å². The van der Waals surface area contributed by atoms with Gasteiger partial charge >= 0.3 is 6.18 Å². The van der Waals surface area contributed by atoms with E-state index in [1.807, 2.05) is 0 Å². The summed E-state index contributed by atoms with van der Waals surface area (Å²) in [5.41, 5.74) is -0.311. The van der Waals surface area contributed by atoms with Crippen LogP contribution in [0.1, 0.15) is 11.6 Å². The van der Waals surface area contributed by atoms with E-state index < -0.39 is 18.0 Å². The van der Waals surface area contributed by atoms with Gasteiger partial charge < -0.3 is 15.5 Å². The molecule has 0 unspecified atom stereocenters. The topological polar surface area (TPSA) is 55.7 Å². The van der Waals surface area contributed by atoms with Gasteiger partial charge in [0.15, 0.2) is 0 Å². The van der Waals surface area contributed by atoms with E-state index in [2.05, 4.69) is 5.32 Å². The zero-order chi connectivity index (χ0) is 14.0. The Kier molecular flexibility index (Phi) is 3.86. The van der Waals surface area contributed by atoms with Gasteiger partial charge in [0.2, 0.25) is 0 Å². The van der Waals surface area contributed by atoms with Crippen molar-refractivity contribution in [1.82, 2.24) is 10.2 Å². The number of aromatic hydroxyl groups is 2. The Balaban J connectivity index is 2.39. The molecule has 3 N–H and O–H groups in total. The van der Waals surface area contributed by atoms with Crippen LogP contribution in [0.4, 0.5) is 13.2 Å². The first-order chi connectivity index (χ1) is 8.89. The first kappa shape index (κ1) is 14.0. The first-order valence-electron chi connectivity index (χ1n) is 5.93. The molecule has 1 fully saturated rings. The fourth-order valence-corrected chi connectivity index (χ4v) is 2.28. The Bertz CT molecular complexity index is 445. The standard InChI is InChI=1S/C12H15F3N2O2/c13-12(14,15)11(17-5-3-16-4-6-17)9-7-8(18)1-2-10(9)19/h1-2,7,11,16,18-19H,3-6H2/t11-/m0/s1. The van der Waals surface area contributed by atoms with Crippen LogP contribution in [0.2, 0.25) is 0 Å². The molecular formula is C12H15F3N2O2. The molecule has 0 amide bonds. The number of alkyl halides is 3. The van der Waals surface area contributed by atoms with E-state index in [-0.39, 0.29) is 24.4 Å². The molecule has 1 heterocycles. The predicted molar refractivity (Wildman–Crippen MR) is 63.0 cm³/mol. The maximum atomic E-state index is 13.2. The van der Waals surface area contributed by atoms with Crippen LogP contribution in [0.15, 0.2) is 18.2 Å².